The van der Waals surface area contributed by atoms with Crippen molar-refractivity contribution in [3.63, 3.8) is 0 Å². The van der Waals surface area contributed by atoms with E-state index in [9.17, 15) is 0 Å². The van der Waals surface area contributed by atoms with Gasteiger partial charge in [-0.15, -0.1) is 0 Å². The van der Waals surface area contributed by atoms with Gasteiger partial charge in [-0.1, -0.05) is 6.42 Å². The van der Waals surface area contributed by atoms with Crippen molar-refractivity contribution in [1.82, 2.24) is 4.90 Å². The van der Waals surface area contributed by atoms with E-state index in [1.54, 1.807) is 0 Å². The number of nitrogens with zero attached hydrogens (tertiary/aromatic N) is 1. The first-order valence-corrected chi connectivity index (χ1v) is 6.29. The smallest absolute Gasteiger partial charge is 0.00923 e. The molecule has 2 fully saturated rings. The summed E-state index contributed by atoms with van der Waals surface area (Å²) in [4.78, 5) is 2.60. The maximum Gasteiger partial charge on any atom is 0.00923 e. The SMILES string of the molecule is CN(CC1CCSC1)C1CCC1. The molecule has 0 aromatic rings. The van der Waals surface area contributed by atoms with Crippen LogP contribution in [0.4, 0.5) is 0 Å². The van der Waals surface area contributed by atoms with Gasteiger partial charge >= 0.3 is 0 Å². The minimum absolute atomic E-state index is 0.940. The van der Waals surface area contributed by atoms with Crippen LogP contribution in [-0.2, 0) is 0 Å². The van der Waals surface area contributed by atoms with Gasteiger partial charge in [-0.3, -0.25) is 0 Å². The standard InChI is InChI=1S/C10H19NS/c1-11(10-3-2-4-10)7-9-5-6-12-8-9/h9-10H,2-8H2,1H3. The predicted octanol–water partition coefficient (Wildman–Crippen LogP) is 2.22. The molecule has 1 aliphatic heterocycles. The Hall–Kier alpha value is 0.310. The van der Waals surface area contributed by atoms with E-state index in [2.05, 4.69) is 23.7 Å². The van der Waals surface area contributed by atoms with Crippen molar-refractivity contribution in [2.24, 2.45) is 5.92 Å². The molecule has 70 valence electrons. The summed E-state index contributed by atoms with van der Waals surface area (Å²) >= 11 is 2.13. The monoisotopic (exact) mass is 185 g/mol. The van der Waals surface area contributed by atoms with Crippen LogP contribution in [-0.4, -0.2) is 36.0 Å². The molecule has 12 heavy (non-hydrogen) atoms. The van der Waals surface area contributed by atoms with Crippen LogP contribution in [0, 0.1) is 5.92 Å². The molecule has 1 saturated heterocycles. The molecule has 1 atom stereocenters. The maximum atomic E-state index is 2.60. The fourth-order valence-corrected chi connectivity index (χ4v) is 3.38. The average Bonchev–Trinajstić information content (AvgIpc) is 2.34. The first kappa shape index (κ1) is 8.89. The Kier molecular flexibility index (Phi) is 2.97. The van der Waals surface area contributed by atoms with Crippen LogP contribution in [0.1, 0.15) is 25.7 Å². The Bertz CT molecular complexity index is 139. The predicted molar refractivity (Wildman–Crippen MR) is 55.7 cm³/mol. The van der Waals surface area contributed by atoms with Crippen molar-refractivity contribution in [1.29, 1.82) is 0 Å². The highest BCUT2D eigenvalue weighted by Gasteiger charge is 2.25. The highest BCUT2D eigenvalue weighted by Crippen LogP contribution is 2.28. The van der Waals surface area contributed by atoms with Crippen LogP contribution in [0.5, 0.6) is 0 Å². The molecule has 1 saturated carbocycles. The second kappa shape index (κ2) is 4.01. The highest BCUT2D eigenvalue weighted by molar-refractivity contribution is 7.99. The lowest BCUT2D eigenvalue weighted by molar-refractivity contribution is 0.142. The zero-order chi connectivity index (χ0) is 8.39. The molecule has 1 heterocycles. The molecule has 0 N–H and O–H groups in total. The van der Waals surface area contributed by atoms with E-state index in [1.807, 2.05) is 0 Å². The van der Waals surface area contributed by atoms with Gasteiger partial charge in [0, 0.05) is 12.6 Å². The van der Waals surface area contributed by atoms with Crippen molar-refractivity contribution < 1.29 is 0 Å². The van der Waals surface area contributed by atoms with E-state index in [0.29, 0.717) is 0 Å². The molecule has 0 spiro atoms. The minimum atomic E-state index is 0.940. The second-order valence-electron chi connectivity index (χ2n) is 4.25. The Balaban J connectivity index is 1.69. The molecule has 1 aliphatic carbocycles. The summed E-state index contributed by atoms with van der Waals surface area (Å²) in [5.74, 6) is 3.82. The third kappa shape index (κ3) is 1.97. The Morgan fingerprint density at radius 2 is 2.17 bits per heavy atom. The quantitative estimate of drug-likeness (QED) is 0.663. The van der Waals surface area contributed by atoms with Gasteiger partial charge in [0.1, 0.15) is 0 Å². The normalized spacial score (nSPS) is 31.0. The van der Waals surface area contributed by atoms with Crippen molar-refractivity contribution in [3.05, 3.63) is 0 Å². The molecule has 1 nitrogen and oxygen atoms in total. The second-order valence-corrected chi connectivity index (χ2v) is 5.40. The lowest BCUT2D eigenvalue weighted by atomic mass is 9.91. The zero-order valence-corrected chi connectivity index (χ0v) is 8.78. The molecule has 0 radical (unpaired) electrons. The summed E-state index contributed by atoms with van der Waals surface area (Å²) in [5, 5.41) is 0. The molecule has 2 aliphatic rings. The lowest BCUT2D eigenvalue weighted by Gasteiger charge is -2.36. The topological polar surface area (TPSA) is 3.24 Å². The first-order chi connectivity index (χ1) is 5.86. The minimum Gasteiger partial charge on any atom is -0.303 e. The third-order valence-electron chi connectivity index (χ3n) is 3.27. The van der Waals surface area contributed by atoms with Gasteiger partial charge in [0.2, 0.25) is 0 Å². The van der Waals surface area contributed by atoms with E-state index in [4.69, 9.17) is 0 Å². The maximum absolute atomic E-state index is 2.60. The average molecular weight is 185 g/mol. The molecular weight excluding hydrogens is 166 g/mol. The molecule has 2 heteroatoms. The van der Waals surface area contributed by atoms with Gasteiger partial charge in [-0.05, 0) is 43.7 Å². The van der Waals surface area contributed by atoms with Crippen LogP contribution in [0.2, 0.25) is 0 Å². The highest BCUT2D eigenvalue weighted by atomic mass is 32.2. The van der Waals surface area contributed by atoms with Gasteiger partial charge < -0.3 is 4.90 Å². The lowest BCUT2D eigenvalue weighted by Crippen LogP contribution is -2.39. The Morgan fingerprint density at radius 1 is 1.33 bits per heavy atom. The van der Waals surface area contributed by atoms with Gasteiger partial charge in [0.05, 0.1) is 0 Å². The van der Waals surface area contributed by atoms with Gasteiger partial charge in [-0.2, -0.15) is 11.8 Å². The summed E-state index contributed by atoms with van der Waals surface area (Å²) in [6, 6.07) is 0.940. The number of hydrogen-bond acceptors (Lipinski definition) is 2. The molecule has 0 aromatic carbocycles. The Morgan fingerprint density at radius 3 is 2.67 bits per heavy atom. The fourth-order valence-electron chi connectivity index (χ4n) is 2.11. The molecular formula is C10H19NS. The Labute approximate surface area is 79.9 Å². The summed E-state index contributed by atoms with van der Waals surface area (Å²) in [7, 11) is 2.31. The third-order valence-corrected chi connectivity index (χ3v) is 4.50. The number of hydrogen-bond donors (Lipinski definition) is 0. The molecule has 0 bridgehead atoms. The van der Waals surface area contributed by atoms with Crippen LogP contribution in [0.25, 0.3) is 0 Å². The van der Waals surface area contributed by atoms with E-state index in [-0.39, 0.29) is 0 Å². The summed E-state index contributed by atoms with van der Waals surface area (Å²) in [5.41, 5.74) is 0. The molecule has 2 rings (SSSR count). The van der Waals surface area contributed by atoms with Crippen molar-refractivity contribution in [3.8, 4) is 0 Å². The van der Waals surface area contributed by atoms with Crippen molar-refractivity contribution in [2.75, 3.05) is 25.1 Å². The van der Waals surface area contributed by atoms with Crippen LogP contribution in [0.15, 0.2) is 0 Å². The zero-order valence-electron chi connectivity index (χ0n) is 7.96. The molecule has 1 unspecified atom stereocenters. The molecule has 0 amide bonds. The van der Waals surface area contributed by atoms with Crippen LogP contribution in [0.3, 0.4) is 0 Å². The van der Waals surface area contributed by atoms with Gasteiger partial charge in [-0.25, -0.2) is 0 Å². The van der Waals surface area contributed by atoms with Crippen LogP contribution < -0.4 is 0 Å². The van der Waals surface area contributed by atoms with E-state index >= 15 is 0 Å². The largest absolute Gasteiger partial charge is 0.303 e. The number of rotatable bonds is 3. The summed E-state index contributed by atoms with van der Waals surface area (Å²) < 4.78 is 0. The summed E-state index contributed by atoms with van der Waals surface area (Å²) in [6.45, 7) is 1.36. The van der Waals surface area contributed by atoms with Gasteiger partial charge in [0.15, 0.2) is 0 Å². The summed E-state index contributed by atoms with van der Waals surface area (Å²) in [6.07, 6.45) is 5.84. The first-order valence-electron chi connectivity index (χ1n) is 5.14. The number of thioether (sulfide) groups is 1. The molecule has 0 aromatic heterocycles. The fraction of sp³-hybridized carbons (Fsp3) is 1.00. The van der Waals surface area contributed by atoms with E-state index < -0.39 is 0 Å². The van der Waals surface area contributed by atoms with Gasteiger partial charge in [0.25, 0.3) is 0 Å². The van der Waals surface area contributed by atoms with Crippen LogP contribution >= 0.6 is 11.8 Å². The van der Waals surface area contributed by atoms with Crippen molar-refractivity contribution >= 4 is 11.8 Å². The van der Waals surface area contributed by atoms with E-state index in [0.717, 1.165) is 12.0 Å². The van der Waals surface area contributed by atoms with E-state index in [1.165, 1.54) is 43.7 Å². The van der Waals surface area contributed by atoms with Crippen molar-refractivity contribution in [2.45, 2.75) is 31.7 Å².